The summed E-state index contributed by atoms with van der Waals surface area (Å²) in [6.45, 7) is 0. The fourth-order valence-corrected chi connectivity index (χ4v) is 3.18. The van der Waals surface area contributed by atoms with Gasteiger partial charge >= 0.3 is 0 Å². The molecule has 1 aliphatic rings. The van der Waals surface area contributed by atoms with Gasteiger partial charge in [0.2, 0.25) is 0 Å². The van der Waals surface area contributed by atoms with Crippen molar-refractivity contribution in [3.8, 4) is 11.5 Å². The molecule has 0 saturated carbocycles. The van der Waals surface area contributed by atoms with Gasteiger partial charge in [0.25, 0.3) is 0 Å². The van der Waals surface area contributed by atoms with Crippen LogP contribution in [-0.4, -0.2) is 24.3 Å². The number of pyridine rings is 1. The van der Waals surface area contributed by atoms with E-state index in [0.717, 1.165) is 39.8 Å². The van der Waals surface area contributed by atoms with E-state index in [1.54, 1.807) is 26.5 Å². The number of benzene rings is 1. The van der Waals surface area contributed by atoms with E-state index in [9.17, 15) is 5.11 Å². The van der Waals surface area contributed by atoms with E-state index >= 15 is 0 Å². The second-order valence-electron chi connectivity index (χ2n) is 5.00. The zero-order valence-corrected chi connectivity index (χ0v) is 13.5. The van der Waals surface area contributed by atoms with Gasteiger partial charge in [-0.2, -0.15) is 0 Å². The minimum Gasteiger partial charge on any atom is -0.497 e. The number of methoxy groups -OCH3 is 2. The van der Waals surface area contributed by atoms with E-state index in [-0.39, 0.29) is 0 Å². The SMILES string of the molecule is COc1cc2c(c(OC)c1)C(O)c1ncc(Br)cc1CC2. The zero-order chi connectivity index (χ0) is 15.0. The molecule has 5 heteroatoms. The van der Waals surface area contributed by atoms with Gasteiger partial charge in [-0.05, 0) is 52.0 Å². The van der Waals surface area contributed by atoms with Crippen molar-refractivity contribution in [3.63, 3.8) is 0 Å². The molecule has 0 aliphatic heterocycles. The number of hydrogen-bond donors (Lipinski definition) is 1. The van der Waals surface area contributed by atoms with Gasteiger partial charge in [0.1, 0.15) is 17.6 Å². The first-order chi connectivity index (χ1) is 10.1. The molecule has 3 rings (SSSR count). The van der Waals surface area contributed by atoms with Gasteiger partial charge in [-0.15, -0.1) is 0 Å². The van der Waals surface area contributed by atoms with Crippen LogP contribution in [-0.2, 0) is 12.8 Å². The van der Waals surface area contributed by atoms with Crippen LogP contribution < -0.4 is 9.47 Å². The summed E-state index contributed by atoms with van der Waals surface area (Å²) in [5.41, 5.74) is 3.56. The Hall–Kier alpha value is -1.59. The molecule has 0 amide bonds. The Morgan fingerprint density at radius 3 is 2.62 bits per heavy atom. The molecule has 110 valence electrons. The zero-order valence-electron chi connectivity index (χ0n) is 11.9. The number of hydrogen-bond acceptors (Lipinski definition) is 4. The molecular weight excluding hydrogens is 334 g/mol. The van der Waals surface area contributed by atoms with Crippen molar-refractivity contribution in [1.82, 2.24) is 4.98 Å². The van der Waals surface area contributed by atoms with Crippen molar-refractivity contribution < 1.29 is 14.6 Å². The maximum atomic E-state index is 10.8. The number of fused-ring (bicyclic) bond motifs is 2. The summed E-state index contributed by atoms with van der Waals surface area (Å²) in [4.78, 5) is 4.39. The highest BCUT2D eigenvalue weighted by Gasteiger charge is 2.27. The third-order valence-corrected chi connectivity index (χ3v) is 4.25. The molecule has 1 aliphatic carbocycles. The molecule has 1 atom stereocenters. The van der Waals surface area contributed by atoms with Crippen molar-refractivity contribution in [1.29, 1.82) is 0 Å². The Kier molecular flexibility index (Phi) is 3.87. The van der Waals surface area contributed by atoms with Crippen LogP contribution >= 0.6 is 15.9 Å². The number of aliphatic hydroxyl groups excluding tert-OH is 1. The van der Waals surface area contributed by atoms with Gasteiger partial charge in [0.15, 0.2) is 0 Å². The predicted octanol–water partition coefficient (Wildman–Crippen LogP) is 3.04. The van der Waals surface area contributed by atoms with Crippen molar-refractivity contribution in [2.24, 2.45) is 0 Å². The molecule has 0 radical (unpaired) electrons. The standard InChI is InChI=1S/C16H16BrNO3/c1-20-12-6-9-3-4-10-5-11(17)8-18-15(10)16(19)14(9)13(7-12)21-2/h5-8,16,19H,3-4H2,1-2H3. The molecule has 0 saturated heterocycles. The Labute approximate surface area is 131 Å². The first-order valence-electron chi connectivity index (χ1n) is 6.71. The summed E-state index contributed by atoms with van der Waals surface area (Å²) in [5, 5.41) is 10.8. The van der Waals surface area contributed by atoms with E-state index in [2.05, 4.69) is 20.9 Å². The summed E-state index contributed by atoms with van der Waals surface area (Å²) in [6.07, 6.45) is 2.56. The lowest BCUT2D eigenvalue weighted by atomic mass is 9.98. The first-order valence-corrected chi connectivity index (χ1v) is 7.50. The van der Waals surface area contributed by atoms with Crippen LogP contribution in [0.2, 0.25) is 0 Å². The number of halogens is 1. The summed E-state index contributed by atoms with van der Waals surface area (Å²) < 4.78 is 11.7. The molecule has 0 spiro atoms. The first kappa shape index (κ1) is 14.4. The number of ether oxygens (including phenoxy) is 2. The summed E-state index contributed by atoms with van der Waals surface area (Å²) in [7, 11) is 3.23. The minimum atomic E-state index is -0.786. The van der Waals surface area contributed by atoms with Crippen molar-refractivity contribution >= 4 is 15.9 Å². The van der Waals surface area contributed by atoms with E-state index in [4.69, 9.17) is 9.47 Å². The van der Waals surface area contributed by atoms with Crippen LogP contribution in [0.5, 0.6) is 11.5 Å². The lowest BCUT2D eigenvalue weighted by Gasteiger charge is -2.18. The molecule has 1 heterocycles. The Bertz CT molecular complexity index is 687. The fraction of sp³-hybridized carbons (Fsp3) is 0.312. The number of rotatable bonds is 2. The second kappa shape index (κ2) is 5.66. The molecule has 4 nitrogen and oxygen atoms in total. The van der Waals surface area contributed by atoms with Crippen LogP contribution in [0.3, 0.4) is 0 Å². The second-order valence-corrected chi connectivity index (χ2v) is 5.92. The predicted molar refractivity (Wildman–Crippen MR) is 83.0 cm³/mol. The Balaban J connectivity index is 2.18. The van der Waals surface area contributed by atoms with Crippen molar-refractivity contribution in [3.05, 3.63) is 51.3 Å². The van der Waals surface area contributed by atoms with Crippen molar-refractivity contribution in [2.75, 3.05) is 14.2 Å². The molecule has 0 fully saturated rings. The number of aliphatic hydroxyl groups is 1. The average molecular weight is 350 g/mol. The molecule has 0 bridgehead atoms. The number of nitrogens with zero attached hydrogens (tertiary/aromatic N) is 1. The summed E-state index contributed by atoms with van der Waals surface area (Å²) >= 11 is 3.43. The highest BCUT2D eigenvalue weighted by atomic mass is 79.9. The molecule has 2 aromatic rings. The van der Waals surface area contributed by atoms with Crippen molar-refractivity contribution in [2.45, 2.75) is 18.9 Å². The highest BCUT2D eigenvalue weighted by molar-refractivity contribution is 9.10. The largest absolute Gasteiger partial charge is 0.497 e. The van der Waals surface area contributed by atoms with Crippen LogP contribution in [0.4, 0.5) is 0 Å². The highest BCUT2D eigenvalue weighted by Crippen LogP contribution is 2.40. The molecule has 1 aromatic carbocycles. The smallest absolute Gasteiger partial charge is 0.129 e. The minimum absolute atomic E-state index is 0.634. The quantitative estimate of drug-likeness (QED) is 0.905. The maximum Gasteiger partial charge on any atom is 0.129 e. The van der Waals surface area contributed by atoms with Gasteiger partial charge in [-0.25, -0.2) is 0 Å². The van der Waals surface area contributed by atoms with Crippen LogP contribution in [0.25, 0.3) is 0 Å². The van der Waals surface area contributed by atoms with Gasteiger partial charge < -0.3 is 14.6 Å². The summed E-state index contributed by atoms with van der Waals surface area (Å²) in [6, 6.07) is 5.77. The molecular formula is C16H16BrNO3. The monoisotopic (exact) mass is 349 g/mol. The number of aryl methyl sites for hydroxylation is 2. The van der Waals surface area contributed by atoms with E-state index in [1.165, 1.54) is 0 Å². The normalized spacial score (nSPS) is 16.7. The molecule has 21 heavy (non-hydrogen) atoms. The molecule has 1 unspecified atom stereocenters. The third kappa shape index (κ3) is 2.51. The Morgan fingerprint density at radius 2 is 1.90 bits per heavy atom. The topological polar surface area (TPSA) is 51.6 Å². The van der Waals surface area contributed by atoms with E-state index in [0.29, 0.717) is 11.4 Å². The maximum absolute atomic E-state index is 10.8. The van der Waals surface area contributed by atoms with Gasteiger partial charge in [-0.3, -0.25) is 4.98 Å². The van der Waals surface area contributed by atoms with Gasteiger partial charge in [0, 0.05) is 22.3 Å². The number of aromatic nitrogens is 1. The van der Waals surface area contributed by atoms with E-state index < -0.39 is 6.10 Å². The van der Waals surface area contributed by atoms with Gasteiger partial charge in [-0.1, -0.05) is 0 Å². The average Bonchev–Trinajstić information content (AvgIpc) is 2.63. The lowest BCUT2D eigenvalue weighted by molar-refractivity contribution is 0.209. The van der Waals surface area contributed by atoms with Gasteiger partial charge in [0.05, 0.1) is 19.9 Å². The van der Waals surface area contributed by atoms with Crippen LogP contribution in [0.1, 0.15) is 28.5 Å². The molecule has 1 N–H and O–H groups in total. The Morgan fingerprint density at radius 1 is 1.14 bits per heavy atom. The summed E-state index contributed by atoms with van der Waals surface area (Å²) in [5.74, 6) is 1.37. The fourth-order valence-electron chi connectivity index (χ4n) is 2.80. The van der Waals surface area contributed by atoms with Crippen LogP contribution in [0.15, 0.2) is 28.9 Å². The van der Waals surface area contributed by atoms with E-state index in [1.807, 2.05) is 12.1 Å². The molecule has 1 aromatic heterocycles. The third-order valence-electron chi connectivity index (χ3n) is 3.82. The van der Waals surface area contributed by atoms with Crippen LogP contribution in [0, 0.1) is 0 Å². The lowest BCUT2D eigenvalue weighted by Crippen LogP contribution is -2.07.